The summed E-state index contributed by atoms with van der Waals surface area (Å²) in [5.74, 6) is 0.933. The fourth-order valence-corrected chi connectivity index (χ4v) is 2.53. The van der Waals surface area contributed by atoms with Crippen LogP contribution < -0.4 is 15.4 Å². The van der Waals surface area contributed by atoms with Gasteiger partial charge in [-0.2, -0.15) is 0 Å². The van der Waals surface area contributed by atoms with Gasteiger partial charge in [0.2, 0.25) is 0 Å². The Morgan fingerprint density at radius 3 is 2.59 bits per heavy atom. The van der Waals surface area contributed by atoms with Crippen LogP contribution in [0.3, 0.4) is 0 Å². The smallest absolute Gasteiger partial charge is 0.405 e. The summed E-state index contributed by atoms with van der Waals surface area (Å²) in [6, 6.07) is 9.73. The molecule has 0 radical (unpaired) electrons. The van der Waals surface area contributed by atoms with E-state index < -0.39 is 6.36 Å². The van der Waals surface area contributed by atoms with Crippen LogP contribution in [-0.4, -0.2) is 33.9 Å². The lowest BCUT2D eigenvalue weighted by Crippen LogP contribution is -2.36. The summed E-state index contributed by atoms with van der Waals surface area (Å²) >= 11 is 0. The average Bonchev–Trinajstić information content (AvgIpc) is 3.23. The van der Waals surface area contributed by atoms with E-state index in [0.717, 1.165) is 11.4 Å². The number of nitrogens with one attached hydrogen (secondary N) is 2. The largest absolute Gasteiger partial charge is 0.573 e. The highest BCUT2D eigenvalue weighted by atomic mass is 19.4. The molecule has 0 aliphatic rings. The van der Waals surface area contributed by atoms with Crippen LogP contribution in [0.25, 0.3) is 5.82 Å². The first-order valence-electron chi connectivity index (χ1n) is 8.66. The van der Waals surface area contributed by atoms with E-state index in [2.05, 4.69) is 30.3 Å². The van der Waals surface area contributed by atoms with Crippen molar-refractivity contribution in [3.63, 3.8) is 0 Å². The molecule has 0 aliphatic heterocycles. The lowest BCUT2D eigenvalue weighted by atomic mass is 10.2. The van der Waals surface area contributed by atoms with Crippen LogP contribution in [0, 0.1) is 0 Å². The summed E-state index contributed by atoms with van der Waals surface area (Å²) in [6.45, 7) is 0.557. The minimum Gasteiger partial charge on any atom is -0.405 e. The van der Waals surface area contributed by atoms with Gasteiger partial charge in [0.15, 0.2) is 5.96 Å². The number of benzene rings is 1. The van der Waals surface area contributed by atoms with Crippen molar-refractivity contribution in [2.24, 2.45) is 4.99 Å². The number of imidazole rings is 1. The quantitative estimate of drug-likeness (QED) is 0.488. The molecule has 0 bridgehead atoms. The van der Waals surface area contributed by atoms with Gasteiger partial charge in [-0.1, -0.05) is 24.3 Å². The molecule has 0 spiro atoms. The van der Waals surface area contributed by atoms with E-state index in [1.165, 1.54) is 12.1 Å². The average molecular weight is 404 g/mol. The summed E-state index contributed by atoms with van der Waals surface area (Å²) in [7, 11) is 1.58. The third-order valence-electron chi connectivity index (χ3n) is 3.91. The molecule has 0 saturated carbocycles. The van der Waals surface area contributed by atoms with Crippen molar-refractivity contribution in [1.29, 1.82) is 0 Å². The minimum absolute atomic E-state index is 0.115. The Morgan fingerprint density at radius 2 is 1.93 bits per heavy atom. The van der Waals surface area contributed by atoms with Gasteiger partial charge in [-0.25, -0.2) is 9.97 Å². The van der Waals surface area contributed by atoms with Crippen LogP contribution in [0.1, 0.15) is 11.1 Å². The number of aromatic nitrogens is 3. The van der Waals surface area contributed by atoms with Gasteiger partial charge in [0.25, 0.3) is 0 Å². The Kier molecular flexibility index (Phi) is 6.32. The first kappa shape index (κ1) is 20.2. The van der Waals surface area contributed by atoms with Crippen molar-refractivity contribution in [2.75, 3.05) is 7.05 Å². The third-order valence-corrected chi connectivity index (χ3v) is 3.91. The molecule has 0 saturated heterocycles. The van der Waals surface area contributed by atoms with Crippen molar-refractivity contribution in [3.05, 3.63) is 72.4 Å². The second kappa shape index (κ2) is 9.09. The van der Waals surface area contributed by atoms with Gasteiger partial charge in [-0.3, -0.25) is 9.56 Å². The number of guanidine groups is 1. The number of aliphatic imine (C=N–C) groups is 1. The summed E-state index contributed by atoms with van der Waals surface area (Å²) in [6.07, 6.45) is 2.11. The zero-order valence-corrected chi connectivity index (χ0v) is 15.5. The van der Waals surface area contributed by atoms with Crippen molar-refractivity contribution in [2.45, 2.75) is 19.5 Å². The molecule has 3 rings (SSSR count). The first-order valence-corrected chi connectivity index (χ1v) is 8.66. The summed E-state index contributed by atoms with van der Waals surface area (Å²) in [4.78, 5) is 12.4. The normalized spacial score (nSPS) is 11.9. The van der Waals surface area contributed by atoms with Gasteiger partial charge in [0.05, 0.1) is 0 Å². The molecule has 10 heteroatoms. The van der Waals surface area contributed by atoms with Crippen molar-refractivity contribution >= 4 is 5.96 Å². The molecule has 0 fully saturated rings. The predicted molar refractivity (Wildman–Crippen MR) is 102 cm³/mol. The van der Waals surface area contributed by atoms with E-state index in [9.17, 15) is 13.2 Å². The molecule has 7 nitrogen and oxygen atoms in total. The Bertz CT molecular complexity index is 939. The number of rotatable bonds is 6. The van der Waals surface area contributed by atoms with Crippen molar-refractivity contribution in [1.82, 2.24) is 25.2 Å². The van der Waals surface area contributed by atoms with Gasteiger partial charge < -0.3 is 15.4 Å². The maximum absolute atomic E-state index is 12.5. The number of ether oxygens (including phenoxy) is 1. The number of hydrogen-bond donors (Lipinski definition) is 2. The highest BCUT2D eigenvalue weighted by molar-refractivity contribution is 5.79. The molecular weight excluding hydrogens is 385 g/mol. The molecule has 0 amide bonds. The van der Waals surface area contributed by atoms with E-state index in [1.54, 1.807) is 48.7 Å². The second-order valence-corrected chi connectivity index (χ2v) is 5.93. The SMILES string of the molecule is CN=C(NCc1ccc(-n2ccnc2)nc1)NCc1ccccc1OC(F)(F)F. The Morgan fingerprint density at radius 1 is 1.14 bits per heavy atom. The fourth-order valence-electron chi connectivity index (χ4n) is 2.53. The fraction of sp³-hybridized carbons (Fsp3) is 0.211. The highest BCUT2D eigenvalue weighted by Crippen LogP contribution is 2.26. The Balaban J connectivity index is 1.55. The molecule has 1 aromatic carbocycles. The molecule has 0 aliphatic carbocycles. The third kappa shape index (κ3) is 5.96. The second-order valence-electron chi connectivity index (χ2n) is 5.93. The Hall–Kier alpha value is -3.56. The molecule has 2 heterocycles. The van der Waals surface area contributed by atoms with Crippen LogP contribution in [0.4, 0.5) is 13.2 Å². The summed E-state index contributed by atoms with van der Waals surface area (Å²) < 4.78 is 43.4. The lowest BCUT2D eigenvalue weighted by molar-refractivity contribution is -0.274. The number of pyridine rings is 1. The highest BCUT2D eigenvalue weighted by Gasteiger charge is 2.31. The number of halogens is 3. The maximum Gasteiger partial charge on any atom is 0.573 e. The molecule has 0 unspecified atom stereocenters. The molecule has 29 heavy (non-hydrogen) atoms. The van der Waals surface area contributed by atoms with Gasteiger partial charge in [-0.05, 0) is 17.7 Å². The molecule has 152 valence electrons. The summed E-state index contributed by atoms with van der Waals surface area (Å²) in [5, 5.41) is 6.07. The molecule has 2 aromatic heterocycles. The number of alkyl halides is 3. The monoisotopic (exact) mass is 404 g/mol. The van der Waals surface area contributed by atoms with Gasteiger partial charge in [0.1, 0.15) is 17.9 Å². The van der Waals surface area contributed by atoms with E-state index in [0.29, 0.717) is 18.1 Å². The standard InChI is InChI=1S/C19H19F3N6O/c1-23-18(27-12-15-4-2-3-5-16(15)29-19(20,21)22)26-11-14-6-7-17(25-10-14)28-9-8-24-13-28/h2-10,13H,11-12H2,1H3,(H2,23,26,27). The van der Waals surface area contributed by atoms with Crippen LogP contribution in [-0.2, 0) is 13.1 Å². The lowest BCUT2D eigenvalue weighted by Gasteiger charge is -2.15. The number of para-hydroxylation sites is 1. The molecule has 0 atom stereocenters. The van der Waals surface area contributed by atoms with E-state index >= 15 is 0 Å². The molecule has 3 aromatic rings. The van der Waals surface area contributed by atoms with Gasteiger partial charge >= 0.3 is 6.36 Å². The number of nitrogens with zero attached hydrogens (tertiary/aromatic N) is 4. The Labute approximate surface area is 165 Å². The van der Waals surface area contributed by atoms with Crippen LogP contribution >= 0.6 is 0 Å². The number of hydrogen-bond acceptors (Lipinski definition) is 4. The zero-order valence-electron chi connectivity index (χ0n) is 15.5. The van der Waals surface area contributed by atoms with Crippen LogP contribution in [0.15, 0.2) is 66.3 Å². The minimum atomic E-state index is -4.74. The zero-order chi connectivity index (χ0) is 20.7. The van der Waals surface area contributed by atoms with Crippen molar-refractivity contribution < 1.29 is 17.9 Å². The van der Waals surface area contributed by atoms with Crippen LogP contribution in [0.2, 0.25) is 0 Å². The first-order chi connectivity index (χ1) is 13.9. The molecule has 2 N–H and O–H groups in total. The maximum atomic E-state index is 12.5. The van der Waals surface area contributed by atoms with E-state index in [-0.39, 0.29) is 12.3 Å². The van der Waals surface area contributed by atoms with Gasteiger partial charge in [0, 0.05) is 44.3 Å². The van der Waals surface area contributed by atoms with Crippen LogP contribution in [0.5, 0.6) is 5.75 Å². The molecular formula is C19H19F3N6O. The topological polar surface area (TPSA) is 76.4 Å². The van der Waals surface area contributed by atoms with Gasteiger partial charge in [-0.15, -0.1) is 13.2 Å². The summed E-state index contributed by atoms with van der Waals surface area (Å²) in [5.41, 5.74) is 1.27. The van der Waals surface area contributed by atoms with E-state index in [4.69, 9.17) is 0 Å². The van der Waals surface area contributed by atoms with E-state index in [1.807, 2.05) is 12.1 Å². The predicted octanol–water partition coefficient (Wildman–Crippen LogP) is 3.03. The van der Waals surface area contributed by atoms with Crippen molar-refractivity contribution in [3.8, 4) is 11.6 Å².